The van der Waals surface area contributed by atoms with Crippen LogP contribution in [0.4, 0.5) is 33.3 Å². The van der Waals surface area contributed by atoms with Crippen molar-refractivity contribution in [3.05, 3.63) is 76.0 Å². The number of nitrogens with one attached hydrogen (secondary N) is 1. The Labute approximate surface area is 263 Å². The first-order valence-corrected chi connectivity index (χ1v) is 14.5. The fraction of sp³-hybridized carbons (Fsp3) is 0.367. The molecule has 4 aromatic rings. The standard InChI is InChI=1S/C28H29F2N7O3.C2HF3O2/c1-16-33-24-23(36(16)18-9-13-40-14-10-18)6-5-22(26(24)35-12-8-17(31)15-35)34-27(38)19-7-11-32-37(28(19)39)25-20(29)3-2-4-21(25)30;3-2(4,5)1(6)7/h2-7,11,17-18H,8-10,12-15,31H2,1H3,(H,34,38);(H,6,7)/t17-;/m0./s1. The molecule has 2 aliphatic heterocycles. The zero-order valence-electron chi connectivity index (χ0n) is 24.9. The van der Waals surface area contributed by atoms with Crippen LogP contribution in [0, 0.1) is 18.6 Å². The number of benzene rings is 2. The van der Waals surface area contributed by atoms with Gasteiger partial charge in [-0.25, -0.2) is 18.6 Å². The fourth-order valence-electron chi connectivity index (χ4n) is 5.70. The van der Waals surface area contributed by atoms with Crippen LogP contribution in [0.3, 0.4) is 0 Å². The number of hydrogen-bond donors (Lipinski definition) is 3. The van der Waals surface area contributed by atoms with Crippen molar-refractivity contribution in [2.75, 3.05) is 36.5 Å². The number of carboxylic acid groups (broad SMARTS) is 1. The highest BCUT2D eigenvalue weighted by molar-refractivity contribution is 6.09. The number of halogens is 5. The second-order valence-corrected chi connectivity index (χ2v) is 11.0. The van der Waals surface area contributed by atoms with Gasteiger partial charge in [0.1, 0.15) is 22.6 Å². The molecule has 4 heterocycles. The molecule has 47 heavy (non-hydrogen) atoms. The number of anilines is 2. The van der Waals surface area contributed by atoms with Crippen LogP contribution in [-0.4, -0.2) is 74.8 Å². The molecule has 1 atom stereocenters. The van der Waals surface area contributed by atoms with Crippen LogP contribution in [0.5, 0.6) is 0 Å². The Morgan fingerprint density at radius 2 is 1.70 bits per heavy atom. The quantitative estimate of drug-likeness (QED) is 0.269. The van der Waals surface area contributed by atoms with Gasteiger partial charge in [0.05, 0.1) is 16.9 Å². The maximum atomic E-state index is 14.4. The predicted molar refractivity (Wildman–Crippen MR) is 160 cm³/mol. The third kappa shape index (κ3) is 6.95. The Balaban J connectivity index is 0.000000559. The molecule has 6 rings (SSSR count). The number of nitrogens with two attached hydrogens (primary N) is 1. The average Bonchev–Trinajstić information content (AvgIpc) is 3.59. The molecule has 2 aliphatic rings. The largest absolute Gasteiger partial charge is 0.490 e. The molecular weight excluding hydrogens is 633 g/mol. The van der Waals surface area contributed by atoms with Crippen LogP contribution in [0.2, 0.25) is 0 Å². The van der Waals surface area contributed by atoms with Crippen LogP contribution in [0.1, 0.15) is 41.5 Å². The molecule has 0 saturated carbocycles. The number of carbonyl (C=O) groups excluding carboxylic acids is 1. The summed E-state index contributed by atoms with van der Waals surface area (Å²) in [7, 11) is 0. The van der Waals surface area contributed by atoms with Crippen molar-refractivity contribution in [3.63, 3.8) is 0 Å². The first kappa shape index (κ1) is 33.5. The molecule has 0 bridgehead atoms. The number of aromatic nitrogens is 4. The first-order chi connectivity index (χ1) is 22.3. The van der Waals surface area contributed by atoms with Crippen LogP contribution in [0.15, 0.2) is 47.4 Å². The summed E-state index contributed by atoms with van der Waals surface area (Å²) < 4.78 is 68.9. The Kier molecular flexibility index (Phi) is 9.58. The lowest BCUT2D eigenvalue weighted by atomic mass is 10.1. The van der Waals surface area contributed by atoms with Crippen molar-refractivity contribution in [3.8, 4) is 5.69 Å². The Hall–Kier alpha value is -4.90. The van der Waals surface area contributed by atoms with E-state index < -0.39 is 40.9 Å². The van der Waals surface area contributed by atoms with E-state index >= 15 is 0 Å². The van der Waals surface area contributed by atoms with Gasteiger partial charge in [-0.3, -0.25) is 9.59 Å². The van der Waals surface area contributed by atoms with Gasteiger partial charge < -0.3 is 30.4 Å². The van der Waals surface area contributed by atoms with E-state index in [-0.39, 0.29) is 17.6 Å². The number of amides is 1. The number of aryl methyl sites for hydroxylation is 1. The average molecular weight is 664 g/mol. The number of ether oxygens (including phenoxy) is 1. The SMILES string of the molecule is Cc1nc2c(N3CC[C@H](N)C3)c(NC(=O)c3ccnn(-c4c(F)cccc4F)c3=O)ccc2n1C1CCOCC1.O=C(O)C(F)(F)F. The van der Waals surface area contributed by atoms with Crippen molar-refractivity contribution in [2.24, 2.45) is 5.73 Å². The number of alkyl halides is 3. The summed E-state index contributed by atoms with van der Waals surface area (Å²) in [4.78, 5) is 42.5. The smallest absolute Gasteiger partial charge is 0.475 e. The number of imidazole rings is 1. The number of hydrogen-bond acceptors (Lipinski definition) is 8. The van der Waals surface area contributed by atoms with Gasteiger partial charge in [-0.15, -0.1) is 0 Å². The second kappa shape index (κ2) is 13.4. The van der Waals surface area contributed by atoms with Gasteiger partial charge in [0.2, 0.25) is 0 Å². The minimum absolute atomic E-state index is 0.0273. The molecule has 17 heteroatoms. The van der Waals surface area contributed by atoms with Crippen LogP contribution < -0.4 is 21.5 Å². The maximum absolute atomic E-state index is 14.4. The zero-order valence-corrected chi connectivity index (χ0v) is 24.9. The van der Waals surface area contributed by atoms with Gasteiger partial charge in [0.15, 0.2) is 11.6 Å². The highest BCUT2D eigenvalue weighted by Gasteiger charge is 2.38. The number of para-hydroxylation sites is 1. The predicted octanol–water partition coefficient (Wildman–Crippen LogP) is 3.94. The molecule has 0 radical (unpaired) electrons. The van der Waals surface area contributed by atoms with Gasteiger partial charge >= 0.3 is 12.1 Å². The second-order valence-electron chi connectivity index (χ2n) is 11.0. The molecule has 0 spiro atoms. The molecule has 2 fully saturated rings. The van der Waals surface area contributed by atoms with Gasteiger partial charge in [0.25, 0.3) is 11.5 Å². The minimum atomic E-state index is -5.08. The van der Waals surface area contributed by atoms with E-state index in [2.05, 4.69) is 19.9 Å². The number of fused-ring (bicyclic) bond motifs is 1. The van der Waals surface area contributed by atoms with Crippen molar-refractivity contribution in [1.29, 1.82) is 0 Å². The molecule has 250 valence electrons. The van der Waals surface area contributed by atoms with Crippen LogP contribution in [-0.2, 0) is 9.53 Å². The van der Waals surface area contributed by atoms with Crippen molar-refractivity contribution in [1.82, 2.24) is 19.3 Å². The van der Waals surface area contributed by atoms with Gasteiger partial charge in [-0.2, -0.15) is 23.0 Å². The van der Waals surface area contributed by atoms with E-state index in [4.69, 9.17) is 25.4 Å². The third-order valence-corrected chi connectivity index (χ3v) is 7.84. The Morgan fingerprint density at radius 1 is 1.04 bits per heavy atom. The lowest BCUT2D eigenvalue weighted by Crippen LogP contribution is -2.31. The van der Waals surface area contributed by atoms with E-state index in [1.165, 1.54) is 12.1 Å². The van der Waals surface area contributed by atoms with Crippen molar-refractivity contribution in [2.45, 2.75) is 44.4 Å². The van der Waals surface area contributed by atoms with Crippen LogP contribution in [0.25, 0.3) is 16.7 Å². The molecule has 2 saturated heterocycles. The highest BCUT2D eigenvalue weighted by atomic mass is 19.4. The number of nitrogens with zero attached hydrogens (tertiary/aromatic N) is 5. The summed E-state index contributed by atoms with van der Waals surface area (Å²) >= 11 is 0. The highest BCUT2D eigenvalue weighted by Crippen LogP contribution is 2.39. The normalized spacial score (nSPS) is 17.0. The zero-order chi connectivity index (χ0) is 34.0. The van der Waals surface area contributed by atoms with E-state index in [0.717, 1.165) is 60.1 Å². The lowest BCUT2D eigenvalue weighted by Gasteiger charge is -2.26. The van der Waals surface area contributed by atoms with Crippen LogP contribution >= 0.6 is 0 Å². The van der Waals surface area contributed by atoms with E-state index in [9.17, 15) is 31.5 Å². The molecule has 2 aromatic carbocycles. The van der Waals surface area contributed by atoms with Gasteiger partial charge in [-0.05, 0) is 56.5 Å². The van der Waals surface area contributed by atoms with Gasteiger partial charge in [0, 0.05) is 44.6 Å². The summed E-state index contributed by atoms with van der Waals surface area (Å²) in [6, 6.07) is 8.38. The first-order valence-electron chi connectivity index (χ1n) is 14.5. The van der Waals surface area contributed by atoms with Gasteiger partial charge in [-0.1, -0.05) is 6.07 Å². The summed E-state index contributed by atoms with van der Waals surface area (Å²) in [6.45, 7) is 4.60. The molecule has 0 aliphatic carbocycles. The molecule has 12 nitrogen and oxygen atoms in total. The van der Waals surface area contributed by atoms with Crippen molar-refractivity contribution < 1.29 is 41.4 Å². The minimum Gasteiger partial charge on any atom is -0.475 e. The molecule has 4 N–H and O–H groups in total. The van der Waals surface area contributed by atoms with E-state index in [1.54, 1.807) is 6.07 Å². The molecule has 1 amide bonds. The Morgan fingerprint density at radius 3 is 2.30 bits per heavy atom. The number of carboxylic acids is 1. The number of carbonyl (C=O) groups is 2. The number of aliphatic carboxylic acids is 1. The fourth-order valence-corrected chi connectivity index (χ4v) is 5.70. The molecular formula is C30H30F5N7O5. The summed E-state index contributed by atoms with van der Waals surface area (Å²) in [6.07, 6.45) is -1.38. The van der Waals surface area contributed by atoms with E-state index in [0.29, 0.717) is 36.7 Å². The molecule has 0 unspecified atom stereocenters. The van der Waals surface area contributed by atoms with Crippen molar-refractivity contribution >= 4 is 34.3 Å². The summed E-state index contributed by atoms with van der Waals surface area (Å²) in [5, 5.41) is 13.8. The maximum Gasteiger partial charge on any atom is 0.490 e. The summed E-state index contributed by atoms with van der Waals surface area (Å²) in [5.41, 5.74) is 7.19. The molecule has 2 aromatic heterocycles. The monoisotopic (exact) mass is 663 g/mol. The number of rotatable bonds is 5. The third-order valence-electron chi connectivity index (χ3n) is 7.84. The lowest BCUT2D eigenvalue weighted by molar-refractivity contribution is -0.192. The summed E-state index contributed by atoms with van der Waals surface area (Å²) in [5.74, 6) is -4.57. The topological polar surface area (TPSA) is 158 Å². The van der Waals surface area contributed by atoms with E-state index in [1.807, 2.05) is 13.0 Å². The Bertz CT molecular complexity index is 1850.